The Balaban J connectivity index is 1.51. The van der Waals surface area contributed by atoms with Gasteiger partial charge in [-0.1, -0.05) is 12.1 Å². The summed E-state index contributed by atoms with van der Waals surface area (Å²) in [5.74, 6) is -0.152. The van der Waals surface area contributed by atoms with Crippen molar-refractivity contribution >= 4 is 17.5 Å². The first-order valence-electron chi connectivity index (χ1n) is 10.1. The van der Waals surface area contributed by atoms with E-state index >= 15 is 0 Å². The Morgan fingerprint density at radius 3 is 2.81 bits per heavy atom. The molecule has 0 aliphatic carbocycles. The average molecular weight is 419 g/mol. The summed E-state index contributed by atoms with van der Waals surface area (Å²) in [6, 6.07) is 12.7. The van der Waals surface area contributed by atoms with Crippen LogP contribution in [-0.2, 0) is 24.3 Å². The van der Waals surface area contributed by atoms with Gasteiger partial charge in [-0.2, -0.15) is 10.4 Å². The summed E-state index contributed by atoms with van der Waals surface area (Å²) in [5, 5.41) is 18.9. The van der Waals surface area contributed by atoms with Crippen LogP contribution in [0.5, 0.6) is 0 Å². The zero-order valence-corrected chi connectivity index (χ0v) is 17.6. The number of nitrogens with one attached hydrogen (secondary N) is 2. The maximum atomic E-state index is 12.3. The highest BCUT2D eigenvalue weighted by Gasteiger charge is 2.13. The van der Waals surface area contributed by atoms with E-state index in [-0.39, 0.29) is 17.6 Å². The Morgan fingerprint density at radius 1 is 1.23 bits per heavy atom. The Bertz CT molecular complexity index is 1090. The van der Waals surface area contributed by atoms with Crippen molar-refractivity contribution in [2.24, 2.45) is 0 Å². The van der Waals surface area contributed by atoms with E-state index in [1.54, 1.807) is 18.2 Å². The van der Waals surface area contributed by atoms with E-state index < -0.39 is 0 Å². The molecule has 2 aromatic heterocycles. The number of hydrogen-bond donors (Lipinski definition) is 2. The standard InChI is InChI=1S/C23H25N5O3/c1-16-20(17(2)28(27-16)12-5-11-24)9-10-22(29)25-15-18-6-3-7-19(14-18)26-23(30)21-8-4-13-31-21/h3-4,6-8,13-14H,5,9-10,12,15H2,1-2H3,(H,25,29)(H,26,30). The molecule has 0 fully saturated rings. The van der Waals surface area contributed by atoms with Gasteiger partial charge in [0.25, 0.3) is 5.91 Å². The van der Waals surface area contributed by atoms with Crippen LogP contribution in [-0.4, -0.2) is 21.6 Å². The second-order valence-electron chi connectivity index (χ2n) is 7.19. The van der Waals surface area contributed by atoms with E-state index in [1.165, 1.54) is 6.26 Å². The Kier molecular flexibility index (Phi) is 7.22. The second-order valence-corrected chi connectivity index (χ2v) is 7.19. The number of carbonyl (C=O) groups is 2. The van der Waals surface area contributed by atoms with Crippen LogP contribution in [0.15, 0.2) is 47.1 Å². The summed E-state index contributed by atoms with van der Waals surface area (Å²) in [4.78, 5) is 24.4. The smallest absolute Gasteiger partial charge is 0.291 e. The van der Waals surface area contributed by atoms with Gasteiger partial charge in [-0.15, -0.1) is 0 Å². The van der Waals surface area contributed by atoms with E-state index in [1.807, 2.05) is 36.7 Å². The first-order valence-corrected chi connectivity index (χ1v) is 10.1. The number of nitrogens with zero attached hydrogens (tertiary/aromatic N) is 3. The van der Waals surface area contributed by atoms with Crippen molar-refractivity contribution in [2.45, 2.75) is 46.2 Å². The van der Waals surface area contributed by atoms with E-state index in [0.717, 1.165) is 22.5 Å². The molecule has 0 saturated carbocycles. The molecule has 2 N–H and O–H groups in total. The number of carbonyl (C=O) groups excluding carboxylic acids is 2. The summed E-state index contributed by atoms with van der Waals surface area (Å²) in [7, 11) is 0. The van der Waals surface area contributed by atoms with Gasteiger partial charge in [0.1, 0.15) is 0 Å². The Labute approximate surface area is 180 Å². The average Bonchev–Trinajstić information content (AvgIpc) is 3.38. The molecule has 1 aromatic carbocycles. The molecular formula is C23H25N5O3. The van der Waals surface area contributed by atoms with Gasteiger partial charge in [0.2, 0.25) is 5.91 Å². The monoisotopic (exact) mass is 419 g/mol. The number of hydrogen-bond acceptors (Lipinski definition) is 5. The largest absolute Gasteiger partial charge is 0.459 e. The zero-order valence-electron chi connectivity index (χ0n) is 17.6. The van der Waals surface area contributed by atoms with Crippen LogP contribution in [0.4, 0.5) is 5.69 Å². The topological polar surface area (TPSA) is 113 Å². The molecule has 2 heterocycles. The van der Waals surface area contributed by atoms with Crippen LogP contribution >= 0.6 is 0 Å². The summed E-state index contributed by atoms with van der Waals surface area (Å²) in [5.41, 5.74) is 4.45. The van der Waals surface area contributed by atoms with Crippen molar-refractivity contribution in [1.82, 2.24) is 15.1 Å². The molecule has 0 saturated heterocycles. The van der Waals surface area contributed by atoms with Crippen molar-refractivity contribution < 1.29 is 14.0 Å². The molecule has 31 heavy (non-hydrogen) atoms. The van der Waals surface area contributed by atoms with Gasteiger partial charge in [-0.3, -0.25) is 14.3 Å². The first-order chi connectivity index (χ1) is 15.0. The molecule has 0 unspecified atom stereocenters. The fourth-order valence-corrected chi connectivity index (χ4v) is 3.36. The molecule has 3 rings (SSSR count). The molecule has 0 atom stereocenters. The van der Waals surface area contributed by atoms with Gasteiger partial charge in [-0.05, 0) is 55.7 Å². The van der Waals surface area contributed by atoms with Crippen molar-refractivity contribution in [1.29, 1.82) is 5.26 Å². The van der Waals surface area contributed by atoms with Gasteiger partial charge < -0.3 is 15.1 Å². The lowest BCUT2D eigenvalue weighted by molar-refractivity contribution is -0.121. The Hall–Kier alpha value is -3.86. The number of nitriles is 1. The highest BCUT2D eigenvalue weighted by Crippen LogP contribution is 2.16. The summed E-state index contributed by atoms with van der Waals surface area (Å²) in [6.45, 7) is 4.81. The van der Waals surface area contributed by atoms with Crippen molar-refractivity contribution in [3.05, 3.63) is 70.9 Å². The molecule has 0 bridgehead atoms. The van der Waals surface area contributed by atoms with Crippen LogP contribution in [0.1, 0.15) is 45.9 Å². The third kappa shape index (κ3) is 5.82. The minimum Gasteiger partial charge on any atom is -0.459 e. The molecule has 8 nitrogen and oxygen atoms in total. The fourth-order valence-electron chi connectivity index (χ4n) is 3.36. The SMILES string of the molecule is Cc1nn(CCC#N)c(C)c1CCC(=O)NCc1cccc(NC(=O)c2ccco2)c1. The fraction of sp³-hybridized carbons (Fsp3) is 0.304. The second kappa shape index (κ2) is 10.3. The molecule has 8 heteroatoms. The lowest BCUT2D eigenvalue weighted by Crippen LogP contribution is -2.23. The van der Waals surface area contributed by atoms with Gasteiger partial charge in [0.05, 0.1) is 31.0 Å². The highest BCUT2D eigenvalue weighted by atomic mass is 16.3. The Morgan fingerprint density at radius 2 is 2.06 bits per heavy atom. The molecule has 2 amide bonds. The summed E-state index contributed by atoms with van der Waals surface area (Å²) < 4.78 is 6.92. The van der Waals surface area contributed by atoms with Crippen LogP contribution in [0.3, 0.4) is 0 Å². The van der Waals surface area contributed by atoms with Crippen LogP contribution in [0.2, 0.25) is 0 Å². The third-order valence-corrected chi connectivity index (χ3v) is 4.99. The predicted molar refractivity (Wildman–Crippen MR) is 115 cm³/mol. The van der Waals surface area contributed by atoms with Gasteiger partial charge in [0.15, 0.2) is 5.76 Å². The maximum absolute atomic E-state index is 12.3. The molecule has 3 aromatic rings. The summed E-state index contributed by atoms with van der Waals surface area (Å²) >= 11 is 0. The zero-order chi connectivity index (χ0) is 22.2. The number of amides is 2. The predicted octanol–water partition coefficient (Wildman–Crippen LogP) is 3.51. The van der Waals surface area contributed by atoms with Gasteiger partial charge >= 0.3 is 0 Å². The number of benzene rings is 1. The number of aromatic nitrogens is 2. The van der Waals surface area contributed by atoms with E-state index in [2.05, 4.69) is 21.8 Å². The summed E-state index contributed by atoms with van der Waals surface area (Å²) in [6.07, 6.45) is 2.79. The first kappa shape index (κ1) is 21.8. The number of aryl methyl sites for hydroxylation is 2. The third-order valence-electron chi connectivity index (χ3n) is 4.99. The molecular weight excluding hydrogens is 394 g/mol. The van der Waals surface area contributed by atoms with Crippen molar-refractivity contribution in [3.8, 4) is 6.07 Å². The number of anilines is 1. The van der Waals surface area contributed by atoms with Gasteiger partial charge in [0, 0.05) is 24.3 Å². The lowest BCUT2D eigenvalue weighted by atomic mass is 10.1. The quantitative estimate of drug-likeness (QED) is 0.551. The molecule has 0 spiro atoms. The maximum Gasteiger partial charge on any atom is 0.291 e. The van der Waals surface area contributed by atoms with Crippen LogP contribution in [0, 0.1) is 25.2 Å². The van der Waals surface area contributed by atoms with Crippen LogP contribution in [0.25, 0.3) is 0 Å². The van der Waals surface area contributed by atoms with E-state index in [4.69, 9.17) is 9.68 Å². The van der Waals surface area contributed by atoms with Crippen molar-refractivity contribution in [2.75, 3.05) is 5.32 Å². The minimum atomic E-state index is -0.327. The van der Waals surface area contributed by atoms with Gasteiger partial charge in [-0.25, -0.2) is 0 Å². The number of furan rings is 1. The van der Waals surface area contributed by atoms with Crippen molar-refractivity contribution in [3.63, 3.8) is 0 Å². The minimum absolute atomic E-state index is 0.0615. The number of rotatable bonds is 9. The highest BCUT2D eigenvalue weighted by molar-refractivity contribution is 6.02. The molecule has 0 aliphatic heterocycles. The molecule has 0 radical (unpaired) electrons. The molecule has 0 aliphatic rings. The molecule has 160 valence electrons. The van der Waals surface area contributed by atoms with E-state index in [9.17, 15) is 9.59 Å². The van der Waals surface area contributed by atoms with Crippen LogP contribution < -0.4 is 10.6 Å². The van der Waals surface area contributed by atoms with E-state index in [0.29, 0.717) is 38.0 Å². The normalized spacial score (nSPS) is 10.5. The lowest BCUT2D eigenvalue weighted by Gasteiger charge is -2.08.